The topological polar surface area (TPSA) is 87.1 Å². The molecule has 1 aliphatic carbocycles. The SMILES string of the molecule is COC(C)(C)C(O)C(=O)N1[C@H](C(=O)O)C[C@@H]2C[C@@H]21. The third kappa shape index (κ3) is 1.99. The summed E-state index contributed by atoms with van der Waals surface area (Å²) in [6, 6.07) is -0.815. The smallest absolute Gasteiger partial charge is 0.326 e. The van der Waals surface area contributed by atoms with E-state index in [1.807, 2.05) is 0 Å². The largest absolute Gasteiger partial charge is 0.480 e. The zero-order valence-electron chi connectivity index (χ0n) is 10.8. The number of carboxylic acids is 1. The molecular weight excluding hydrogens is 238 g/mol. The Morgan fingerprint density at radius 3 is 2.50 bits per heavy atom. The molecular formula is C12H19NO5. The quantitative estimate of drug-likeness (QED) is 0.731. The molecule has 18 heavy (non-hydrogen) atoms. The minimum absolute atomic E-state index is 0.0130. The molecule has 2 aliphatic rings. The van der Waals surface area contributed by atoms with Crippen molar-refractivity contribution in [1.29, 1.82) is 0 Å². The highest BCUT2D eigenvalue weighted by Gasteiger charge is 2.58. The zero-order chi connectivity index (χ0) is 13.7. The number of aliphatic carboxylic acids is 1. The van der Waals surface area contributed by atoms with Crippen molar-refractivity contribution in [3.8, 4) is 0 Å². The van der Waals surface area contributed by atoms with Crippen LogP contribution >= 0.6 is 0 Å². The Balaban J connectivity index is 2.15. The van der Waals surface area contributed by atoms with Gasteiger partial charge in [-0.05, 0) is 32.6 Å². The monoisotopic (exact) mass is 257 g/mol. The number of hydrogen-bond donors (Lipinski definition) is 2. The van der Waals surface area contributed by atoms with Gasteiger partial charge in [-0.15, -0.1) is 0 Å². The van der Waals surface area contributed by atoms with E-state index in [2.05, 4.69) is 0 Å². The number of carbonyl (C=O) groups is 2. The highest BCUT2D eigenvalue weighted by Crippen LogP contribution is 2.48. The van der Waals surface area contributed by atoms with Crippen LogP contribution in [0.1, 0.15) is 26.7 Å². The summed E-state index contributed by atoms with van der Waals surface area (Å²) in [6.07, 6.45) is -0.00895. The summed E-state index contributed by atoms with van der Waals surface area (Å²) in [5, 5.41) is 19.1. The molecule has 2 N–H and O–H groups in total. The van der Waals surface area contributed by atoms with E-state index in [0.29, 0.717) is 6.42 Å². The highest BCUT2D eigenvalue weighted by molar-refractivity contribution is 5.88. The summed E-state index contributed by atoms with van der Waals surface area (Å²) in [5.41, 5.74) is -1.02. The van der Waals surface area contributed by atoms with Gasteiger partial charge >= 0.3 is 5.97 Å². The molecule has 2 rings (SSSR count). The molecule has 0 spiro atoms. The lowest BCUT2D eigenvalue weighted by atomic mass is 9.99. The van der Waals surface area contributed by atoms with Gasteiger partial charge in [0.1, 0.15) is 6.04 Å². The maximum absolute atomic E-state index is 12.2. The van der Waals surface area contributed by atoms with Crippen LogP contribution in [0.3, 0.4) is 0 Å². The number of aliphatic hydroxyl groups excluding tert-OH is 1. The van der Waals surface area contributed by atoms with Crippen molar-refractivity contribution in [3.63, 3.8) is 0 Å². The summed E-state index contributed by atoms with van der Waals surface area (Å²) >= 11 is 0. The van der Waals surface area contributed by atoms with Crippen LogP contribution in [0.4, 0.5) is 0 Å². The first kappa shape index (κ1) is 13.3. The fourth-order valence-electron chi connectivity index (χ4n) is 2.54. The number of fused-ring (bicyclic) bond motifs is 1. The Labute approximate surface area is 106 Å². The van der Waals surface area contributed by atoms with Crippen molar-refractivity contribution >= 4 is 11.9 Å². The Morgan fingerprint density at radius 1 is 1.39 bits per heavy atom. The molecule has 1 saturated heterocycles. The minimum atomic E-state index is -1.34. The van der Waals surface area contributed by atoms with Gasteiger partial charge in [-0.3, -0.25) is 4.79 Å². The summed E-state index contributed by atoms with van der Waals surface area (Å²) in [7, 11) is 1.41. The number of carbonyl (C=O) groups excluding carboxylic acids is 1. The molecule has 1 saturated carbocycles. The molecule has 0 bridgehead atoms. The molecule has 1 amide bonds. The number of rotatable bonds is 4. The van der Waals surface area contributed by atoms with E-state index in [9.17, 15) is 14.7 Å². The second-order valence-corrected chi connectivity index (χ2v) is 5.61. The summed E-state index contributed by atoms with van der Waals surface area (Å²) in [6.45, 7) is 3.21. The average molecular weight is 257 g/mol. The van der Waals surface area contributed by atoms with Gasteiger partial charge < -0.3 is 19.8 Å². The van der Waals surface area contributed by atoms with Crippen molar-refractivity contribution < 1.29 is 24.5 Å². The van der Waals surface area contributed by atoms with Crippen LogP contribution in [-0.4, -0.2) is 57.9 Å². The lowest BCUT2D eigenvalue weighted by molar-refractivity contribution is -0.163. The van der Waals surface area contributed by atoms with Crippen molar-refractivity contribution in [2.75, 3.05) is 7.11 Å². The van der Waals surface area contributed by atoms with Crippen LogP contribution in [0.25, 0.3) is 0 Å². The number of amides is 1. The van der Waals surface area contributed by atoms with E-state index >= 15 is 0 Å². The number of methoxy groups -OCH3 is 1. The number of likely N-dealkylation sites (tertiary alicyclic amines) is 1. The first-order valence-electron chi connectivity index (χ1n) is 6.07. The predicted molar refractivity (Wildman–Crippen MR) is 61.9 cm³/mol. The number of ether oxygens (including phenoxy) is 1. The van der Waals surface area contributed by atoms with Gasteiger partial charge in [0.2, 0.25) is 0 Å². The fourth-order valence-corrected chi connectivity index (χ4v) is 2.54. The first-order chi connectivity index (χ1) is 8.29. The number of hydrogen-bond acceptors (Lipinski definition) is 4. The van der Waals surface area contributed by atoms with Crippen LogP contribution in [0.2, 0.25) is 0 Å². The molecule has 0 aromatic rings. The van der Waals surface area contributed by atoms with E-state index in [0.717, 1.165) is 6.42 Å². The zero-order valence-corrected chi connectivity index (χ0v) is 10.8. The van der Waals surface area contributed by atoms with Crippen LogP contribution in [0.15, 0.2) is 0 Å². The Hall–Kier alpha value is -1.14. The highest BCUT2D eigenvalue weighted by atomic mass is 16.5. The minimum Gasteiger partial charge on any atom is -0.480 e. The average Bonchev–Trinajstić information content (AvgIpc) is 2.98. The van der Waals surface area contributed by atoms with Crippen LogP contribution < -0.4 is 0 Å². The second-order valence-electron chi connectivity index (χ2n) is 5.61. The second kappa shape index (κ2) is 4.20. The van der Waals surface area contributed by atoms with Crippen molar-refractivity contribution in [3.05, 3.63) is 0 Å². The van der Waals surface area contributed by atoms with Gasteiger partial charge in [-0.1, -0.05) is 0 Å². The maximum atomic E-state index is 12.2. The standard InChI is InChI=1S/C12H19NO5/c1-12(2,18-3)9(14)10(15)13-7-4-6(7)5-8(13)11(16)17/h6-9,14H,4-5H2,1-3H3,(H,16,17)/t6-,7-,8-,9?/m0/s1. The van der Waals surface area contributed by atoms with E-state index < -0.39 is 29.6 Å². The molecule has 1 heterocycles. The third-order valence-corrected chi connectivity index (χ3v) is 4.06. The van der Waals surface area contributed by atoms with Gasteiger partial charge in [0.25, 0.3) is 5.91 Å². The molecule has 1 aliphatic heterocycles. The summed E-state index contributed by atoms with van der Waals surface area (Å²) < 4.78 is 5.08. The Kier molecular flexibility index (Phi) is 3.11. The van der Waals surface area contributed by atoms with Crippen LogP contribution in [-0.2, 0) is 14.3 Å². The number of aliphatic hydroxyl groups is 1. The molecule has 2 fully saturated rings. The van der Waals surface area contributed by atoms with Crippen LogP contribution in [0, 0.1) is 5.92 Å². The molecule has 6 heteroatoms. The van der Waals surface area contributed by atoms with E-state index in [1.165, 1.54) is 12.0 Å². The fraction of sp³-hybridized carbons (Fsp3) is 0.833. The lowest BCUT2D eigenvalue weighted by Gasteiger charge is -2.33. The van der Waals surface area contributed by atoms with Crippen LogP contribution in [0.5, 0.6) is 0 Å². The molecule has 0 aromatic carbocycles. The van der Waals surface area contributed by atoms with E-state index in [-0.39, 0.29) is 12.0 Å². The van der Waals surface area contributed by atoms with Gasteiger partial charge in [0, 0.05) is 13.2 Å². The van der Waals surface area contributed by atoms with Gasteiger partial charge in [0.05, 0.1) is 5.60 Å². The van der Waals surface area contributed by atoms with Crippen molar-refractivity contribution in [2.24, 2.45) is 5.92 Å². The lowest BCUT2D eigenvalue weighted by Crippen LogP contribution is -2.54. The first-order valence-corrected chi connectivity index (χ1v) is 6.07. The number of piperidine rings is 1. The molecule has 1 unspecified atom stereocenters. The van der Waals surface area contributed by atoms with Crippen molar-refractivity contribution in [1.82, 2.24) is 4.90 Å². The van der Waals surface area contributed by atoms with E-state index in [4.69, 9.17) is 9.84 Å². The summed E-state index contributed by atoms with van der Waals surface area (Å²) in [4.78, 5) is 24.7. The number of nitrogens with zero attached hydrogens (tertiary/aromatic N) is 1. The normalized spacial score (nSPS) is 32.0. The Bertz CT molecular complexity index is 381. The van der Waals surface area contributed by atoms with E-state index in [1.54, 1.807) is 13.8 Å². The van der Waals surface area contributed by atoms with Gasteiger partial charge in [0.15, 0.2) is 6.10 Å². The number of carboxylic acid groups (broad SMARTS) is 1. The van der Waals surface area contributed by atoms with Gasteiger partial charge in [-0.2, -0.15) is 0 Å². The van der Waals surface area contributed by atoms with Crippen molar-refractivity contribution in [2.45, 2.75) is 50.5 Å². The third-order valence-electron chi connectivity index (χ3n) is 4.06. The molecule has 4 atom stereocenters. The van der Waals surface area contributed by atoms with Gasteiger partial charge in [-0.25, -0.2) is 4.79 Å². The Morgan fingerprint density at radius 2 is 2.00 bits per heavy atom. The molecule has 0 aromatic heterocycles. The maximum Gasteiger partial charge on any atom is 0.326 e. The summed E-state index contributed by atoms with van der Waals surface area (Å²) in [5.74, 6) is -1.26. The molecule has 6 nitrogen and oxygen atoms in total. The molecule has 0 radical (unpaired) electrons. The molecule has 102 valence electrons. The predicted octanol–water partition coefficient (Wildman–Crippen LogP) is -0.154.